The molecule has 0 saturated carbocycles. The minimum atomic E-state index is -3.06. The van der Waals surface area contributed by atoms with Crippen LogP contribution in [-0.4, -0.2) is 30.5 Å². The average Bonchev–Trinajstić information content (AvgIpc) is 2.42. The van der Waals surface area contributed by atoms with Crippen molar-refractivity contribution in [2.75, 3.05) is 17.8 Å². The molecule has 0 aliphatic carbocycles. The van der Waals surface area contributed by atoms with Crippen molar-refractivity contribution in [3.05, 3.63) is 0 Å². The van der Waals surface area contributed by atoms with Gasteiger partial charge >= 0.3 is 0 Å². The van der Waals surface area contributed by atoms with Crippen LogP contribution in [0.25, 0.3) is 0 Å². The van der Waals surface area contributed by atoms with E-state index in [1.165, 1.54) is 0 Å². The van der Waals surface area contributed by atoms with Gasteiger partial charge in [-0.3, -0.25) is 0 Å². The molecule has 1 saturated heterocycles. The van der Waals surface area contributed by atoms with Gasteiger partial charge in [0.2, 0.25) is 10.0 Å². The summed E-state index contributed by atoms with van der Waals surface area (Å²) in [7, 11) is -3.06. The number of sulfonamides is 1. The Bertz CT molecular complexity index is 321. The molecule has 1 unspecified atom stereocenters. The zero-order valence-corrected chi connectivity index (χ0v) is 12.8. The largest absolute Gasteiger partial charge is 0.224 e. The number of rotatable bonds is 2. The lowest BCUT2D eigenvalue weighted by Gasteiger charge is -2.29. The first kappa shape index (κ1) is 14.5. The normalized spacial score (nSPS) is 25.4. The van der Waals surface area contributed by atoms with Crippen LogP contribution in [0.4, 0.5) is 0 Å². The van der Waals surface area contributed by atoms with Crippen molar-refractivity contribution in [3.63, 3.8) is 0 Å². The molecule has 16 heavy (non-hydrogen) atoms. The maximum absolute atomic E-state index is 11.7. The van der Waals surface area contributed by atoms with Crippen LogP contribution in [0.15, 0.2) is 0 Å². The molecule has 0 aromatic carbocycles. The van der Waals surface area contributed by atoms with Crippen LogP contribution >= 0.6 is 15.9 Å². The summed E-state index contributed by atoms with van der Waals surface area (Å²) in [6.45, 7) is 8.08. The van der Waals surface area contributed by atoms with Gasteiger partial charge in [-0.15, -0.1) is 0 Å². The summed E-state index contributed by atoms with van der Waals surface area (Å²) in [5.41, 5.74) is 0.286. The van der Waals surface area contributed by atoms with Crippen molar-refractivity contribution in [2.24, 2.45) is 11.3 Å². The van der Waals surface area contributed by atoms with Gasteiger partial charge in [0.15, 0.2) is 0 Å². The van der Waals surface area contributed by atoms with E-state index in [-0.39, 0.29) is 10.1 Å². The van der Waals surface area contributed by atoms with Gasteiger partial charge in [0, 0.05) is 13.1 Å². The lowest BCUT2D eigenvalue weighted by molar-refractivity contribution is 0.217. The van der Waals surface area contributed by atoms with Crippen LogP contribution in [0.5, 0.6) is 0 Å². The van der Waals surface area contributed by atoms with Crippen LogP contribution in [0.1, 0.15) is 40.0 Å². The molecular formula is C11H22BrNO2S. The topological polar surface area (TPSA) is 37.4 Å². The molecule has 0 radical (unpaired) electrons. The highest BCUT2D eigenvalue weighted by atomic mass is 79.9. The second-order valence-corrected chi connectivity index (χ2v) is 8.89. The quantitative estimate of drug-likeness (QED) is 0.735. The number of alkyl halides is 1. The SMILES string of the molecule is CC(C)(C)C1CCCN(S(=O)(=O)CBr)CC1. The smallest absolute Gasteiger partial charge is 0.211 e. The molecule has 1 aliphatic heterocycles. The first-order chi connectivity index (χ1) is 7.27. The van der Waals surface area contributed by atoms with Gasteiger partial charge in [-0.25, -0.2) is 12.7 Å². The fourth-order valence-corrected chi connectivity index (χ4v) is 4.08. The van der Waals surface area contributed by atoms with E-state index in [0.717, 1.165) is 19.3 Å². The summed E-state index contributed by atoms with van der Waals surface area (Å²) in [5, 5.41) is 0. The summed E-state index contributed by atoms with van der Waals surface area (Å²) < 4.78 is 25.2. The highest BCUT2D eigenvalue weighted by Gasteiger charge is 2.30. The minimum Gasteiger partial charge on any atom is -0.211 e. The molecule has 1 aliphatic rings. The van der Waals surface area contributed by atoms with Crippen LogP contribution < -0.4 is 0 Å². The van der Waals surface area contributed by atoms with E-state index in [1.54, 1.807) is 4.31 Å². The van der Waals surface area contributed by atoms with Crippen molar-refractivity contribution < 1.29 is 8.42 Å². The number of hydrogen-bond acceptors (Lipinski definition) is 2. The molecule has 1 fully saturated rings. The van der Waals surface area contributed by atoms with Crippen LogP contribution in [0.3, 0.4) is 0 Å². The Morgan fingerprint density at radius 2 is 1.88 bits per heavy atom. The van der Waals surface area contributed by atoms with E-state index in [9.17, 15) is 8.42 Å². The Morgan fingerprint density at radius 1 is 1.25 bits per heavy atom. The molecule has 1 rings (SSSR count). The maximum atomic E-state index is 11.7. The Kier molecular flexibility index (Phi) is 4.84. The molecule has 0 spiro atoms. The Hall–Kier alpha value is 0.390. The molecule has 1 atom stereocenters. The summed E-state index contributed by atoms with van der Waals surface area (Å²) in [6.07, 6.45) is 3.10. The van der Waals surface area contributed by atoms with Crippen molar-refractivity contribution in [1.82, 2.24) is 4.31 Å². The Labute approximate surface area is 108 Å². The van der Waals surface area contributed by atoms with E-state index < -0.39 is 10.0 Å². The first-order valence-electron chi connectivity index (χ1n) is 5.81. The highest BCUT2D eigenvalue weighted by molar-refractivity contribution is 9.10. The number of hydrogen-bond donors (Lipinski definition) is 0. The predicted molar refractivity (Wildman–Crippen MR) is 71.1 cm³/mol. The van der Waals surface area contributed by atoms with Gasteiger partial charge < -0.3 is 0 Å². The van der Waals surface area contributed by atoms with Gasteiger partial charge in [-0.05, 0) is 30.6 Å². The van der Waals surface area contributed by atoms with E-state index in [4.69, 9.17) is 0 Å². The number of halogens is 1. The van der Waals surface area contributed by atoms with Crippen molar-refractivity contribution >= 4 is 26.0 Å². The summed E-state index contributed by atoms with van der Waals surface area (Å²) in [5.74, 6) is 0.628. The summed E-state index contributed by atoms with van der Waals surface area (Å²) in [4.78, 5) is 0. The second-order valence-electron chi connectivity index (χ2n) is 5.61. The van der Waals surface area contributed by atoms with E-state index in [1.807, 2.05) is 0 Å². The third kappa shape index (κ3) is 3.70. The monoisotopic (exact) mass is 311 g/mol. The molecule has 0 amide bonds. The Balaban J connectivity index is 2.67. The average molecular weight is 312 g/mol. The molecule has 0 aromatic rings. The van der Waals surface area contributed by atoms with E-state index in [2.05, 4.69) is 36.7 Å². The molecule has 96 valence electrons. The zero-order chi connectivity index (χ0) is 12.4. The summed E-state index contributed by atoms with van der Waals surface area (Å²) >= 11 is 3.06. The van der Waals surface area contributed by atoms with E-state index in [0.29, 0.717) is 19.0 Å². The molecular weight excluding hydrogens is 290 g/mol. The predicted octanol–water partition coefficient (Wildman–Crippen LogP) is 2.82. The molecule has 0 N–H and O–H groups in total. The fraction of sp³-hybridized carbons (Fsp3) is 1.00. The van der Waals surface area contributed by atoms with Gasteiger partial charge in [0.25, 0.3) is 0 Å². The van der Waals surface area contributed by atoms with Gasteiger partial charge in [-0.1, -0.05) is 36.7 Å². The lowest BCUT2D eigenvalue weighted by Crippen LogP contribution is -2.33. The first-order valence-corrected chi connectivity index (χ1v) is 8.54. The second kappa shape index (κ2) is 5.36. The van der Waals surface area contributed by atoms with E-state index >= 15 is 0 Å². The van der Waals surface area contributed by atoms with Crippen LogP contribution in [0.2, 0.25) is 0 Å². The van der Waals surface area contributed by atoms with Gasteiger partial charge in [-0.2, -0.15) is 0 Å². The molecule has 0 bridgehead atoms. The Morgan fingerprint density at radius 3 is 2.38 bits per heavy atom. The molecule has 5 heteroatoms. The zero-order valence-electron chi connectivity index (χ0n) is 10.4. The molecule has 1 heterocycles. The van der Waals surface area contributed by atoms with Crippen molar-refractivity contribution in [2.45, 2.75) is 40.0 Å². The minimum absolute atomic E-state index is 0.0418. The number of nitrogens with zero attached hydrogens (tertiary/aromatic N) is 1. The lowest BCUT2D eigenvalue weighted by atomic mass is 9.77. The van der Waals surface area contributed by atoms with Crippen LogP contribution in [-0.2, 0) is 10.0 Å². The van der Waals surface area contributed by atoms with Gasteiger partial charge in [0.1, 0.15) is 4.66 Å². The van der Waals surface area contributed by atoms with Crippen molar-refractivity contribution in [3.8, 4) is 0 Å². The van der Waals surface area contributed by atoms with Crippen LogP contribution in [0, 0.1) is 11.3 Å². The van der Waals surface area contributed by atoms with Crippen molar-refractivity contribution in [1.29, 1.82) is 0 Å². The maximum Gasteiger partial charge on any atom is 0.224 e. The third-order valence-corrected chi connectivity index (χ3v) is 6.61. The van der Waals surface area contributed by atoms with Gasteiger partial charge in [0.05, 0.1) is 0 Å². The standard InChI is InChI=1S/C11H22BrNO2S/c1-11(2,3)10-5-4-7-13(8-6-10)16(14,15)9-12/h10H,4-9H2,1-3H3. The summed E-state index contributed by atoms with van der Waals surface area (Å²) in [6, 6.07) is 0. The molecule has 3 nitrogen and oxygen atoms in total. The fourth-order valence-electron chi connectivity index (χ4n) is 2.28. The molecule has 0 aromatic heterocycles. The highest BCUT2D eigenvalue weighted by Crippen LogP contribution is 2.34. The third-order valence-electron chi connectivity index (χ3n) is 3.44.